The van der Waals surface area contributed by atoms with E-state index in [2.05, 4.69) is 5.32 Å². The van der Waals surface area contributed by atoms with Gasteiger partial charge in [0.1, 0.15) is 0 Å². The molecule has 8 heteroatoms. The molecule has 2 unspecified atom stereocenters. The Labute approximate surface area is 143 Å². The molecule has 0 aromatic heterocycles. The lowest BCUT2D eigenvalue weighted by Gasteiger charge is -2.36. The van der Waals surface area contributed by atoms with E-state index < -0.39 is 29.6 Å². The van der Waals surface area contributed by atoms with Gasteiger partial charge in [-0.2, -0.15) is 13.2 Å². The minimum Gasteiger partial charge on any atom is -0.437 e. The number of rotatable bonds is 5. The maximum Gasteiger partial charge on any atom is 0.490 e. The van der Waals surface area contributed by atoms with Crippen molar-refractivity contribution in [3.8, 4) is 0 Å². The maximum atomic E-state index is 12.8. The molecule has 1 amide bonds. The van der Waals surface area contributed by atoms with Crippen molar-refractivity contribution in [3.63, 3.8) is 0 Å². The number of hydrogen-bond donors (Lipinski definition) is 2. The Morgan fingerprint density at radius 1 is 1.24 bits per heavy atom. The topological polar surface area (TPSA) is 81.4 Å². The van der Waals surface area contributed by atoms with Crippen LogP contribution in [0.4, 0.5) is 13.2 Å². The number of benzene rings is 1. The van der Waals surface area contributed by atoms with Crippen molar-refractivity contribution in [1.29, 1.82) is 0 Å². The Kier molecular flexibility index (Phi) is 5.41. The predicted octanol–water partition coefficient (Wildman–Crippen LogP) is 2.21. The summed E-state index contributed by atoms with van der Waals surface area (Å²) in [5.41, 5.74) is 4.39. The van der Waals surface area contributed by atoms with E-state index >= 15 is 0 Å². The number of amides is 1. The normalized spacial score (nSPS) is 20.3. The summed E-state index contributed by atoms with van der Waals surface area (Å²) >= 11 is 0. The van der Waals surface area contributed by atoms with Crippen LogP contribution in [-0.2, 0) is 19.9 Å². The lowest BCUT2D eigenvalue weighted by Crippen LogP contribution is -2.53. The second-order valence-electron chi connectivity index (χ2n) is 6.45. The molecule has 1 aliphatic heterocycles. The van der Waals surface area contributed by atoms with Gasteiger partial charge in [-0.15, -0.1) is 0 Å². The summed E-state index contributed by atoms with van der Waals surface area (Å²) in [5.74, 6) is -4.02. The first-order valence-corrected chi connectivity index (χ1v) is 8.00. The predicted molar refractivity (Wildman–Crippen MR) is 84.5 cm³/mol. The molecule has 2 atom stereocenters. The number of primary amides is 1. The molecule has 1 aromatic carbocycles. The number of halogens is 3. The number of esters is 1. The Morgan fingerprint density at radius 2 is 1.84 bits per heavy atom. The maximum absolute atomic E-state index is 12.8. The minimum absolute atomic E-state index is 0.149. The van der Waals surface area contributed by atoms with Gasteiger partial charge in [0, 0.05) is 18.0 Å². The van der Waals surface area contributed by atoms with E-state index in [0.29, 0.717) is 13.0 Å². The molecule has 5 nitrogen and oxygen atoms in total. The van der Waals surface area contributed by atoms with Crippen molar-refractivity contribution in [3.05, 3.63) is 35.4 Å². The van der Waals surface area contributed by atoms with Crippen molar-refractivity contribution in [2.45, 2.75) is 38.0 Å². The Morgan fingerprint density at radius 3 is 2.24 bits per heavy atom. The van der Waals surface area contributed by atoms with E-state index in [1.807, 2.05) is 13.8 Å². The average molecular weight is 358 g/mol. The summed E-state index contributed by atoms with van der Waals surface area (Å²) in [6, 6.07) is 6.40. The Balaban J connectivity index is 2.53. The molecule has 1 aliphatic rings. The van der Waals surface area contributed by atoms with Crippen molar-refractivity contribution in [2.75, 3.05) is 13.1 Å². The Bertz CT molecular complexity index is 638. The molecule has 0 aliphatic carbocycles. The molecule has 0 saturated carbocycles. The van der Waals surface area contributed by atoms with Gasteiger partial charge in [-0.05, 0) is 24.4 Å². The van der Waals surface area contributed by atoms with Crippen LogP contribution in [0, 0.1) is 5.92 Å². The summed E-state index contributed by atoms with van der Waals surface area (Å²) in [7, 11) is 0. The highest BCUT2D eigenvalue weighted by Crippen LogP contribution is 2.39. The van der Waals surface area contributed by atoms with Gasteiger partial charge in [0.2, 0.25) is 5.60 Å². The fourth-order valence-corrected chi connectivity index (χ4v) is 3.09. The number of nitrogens with one attached hydrogen (secondary N) is 1. The van der Waals surface area contributed by atoms with Gasteiger partial charge < -0.3 is 15.8 Å². The van der Waals surface area contributed by atoms with Crippen LogP contribution in [0.1, 0.15) is 37.3 Å². The molecule has 1 saturated heterocycles. The standard InChI is InChI=1S/C17H21F3N2O3/c1-10(2)11-3-5-12(6-4-11)16(14(21)23,13-7-8-22-9-13)25-15(24)17(18,19)20/h3-6,10,13,22H,7-9H2,1-2H3,(H2,21,23). The van der Waals surface area contributed by atoms with Gasteiger partial charge in [-0.25, -0.2) is 4.79 Å². The lowest BCUT2D eigenvalue weighted by molar-refractivity contribution is -0.219. The molecule has 0 radical (unpaired) electrons. The zero-order chi connectivity index (χ0) is 18.8. The third-order valence-electron chi connectivity index (χ3n) is 4.49. The number of alkyl halides is 3. The third-order valence-corrected chi connectivity index (χ3v) is 4.49. The van der Waals surface area contributed by atoms with Crippen LogP contribution in [-0.4, -0.2) is 31.1 Å². The van der Waals surface area contributed by atoms with Crippen LogP contribution >= 0.6 is 0 Å². The highest BCUT2D eigenvalue weighted by atomic mass is 19.4. The van der Waals surface area contributed by atoms with E-state index in [1.165, 1.54) is 12.1 Å². The smallest absolute Gasteiger partial charge is 0.437 e. The van der Waals surface area contributed by atoms with Crippen LogP contribution in [0.25, 0.3) is 0 Å². The lowest BCUT2D eigenvalue weighted by atomic mass is 9.79. The van der Waals surface area contributed by atoms with Crippen LogP contribution in [0.5, 0.6) is 0 Å². The number of carbonyl (C=O) groups excluding carboxylic acids is 2. The van der Waals surface area contributed by atoms with Gasteiger partial charge in [-0.3, -0.25) is 4.79 Å². The zero-order valence-electron chi connectivity index (χ0n) is 14.0. The molecule has 0 spiro atoms. The van der Waals surface area contributed by atoms with E-state index in [-0.39, 0.29) is 18.0 Å². The van der Waals surface area contributed by atoms with Crippen LogP contribution < -0.4 is 11.1 Å². The minimum atomic E-state index is -5.22. The highest BCUT2D eigenvalue weighted by molar-refractivity contribution is 5.89. The Hall–Kier alpha value is -2.09. The summed E-state index contributed by atoms with van der Waals surface area (Å²) in [6.07, 6.45) is -4.86. The first-order chi connectivity index (χ1) is 11.6. The highest BCUT2D eigenvalue weighted by Gasteiger charge is 2.55. The molecule has 138 valence electrons. The van der Waals surface area contributed by atoms with E-state index in [4.69, 9.17) is 10.5 Å². The second-order valence-corrected chi connectivity index (χ2v) is 6.45. The van der Waals surface area contributed by atoms with E-state index in [1.54, 1.807) is 12.1 Å². The van der Waals surface area contributed by atoms with Crippen molar-refractivity contribution in [1.82, 2.24) is 5.32 Å². The molecular weight excluding hydrogens is 337 g/mol. The quantitative estimate of drug-likeness (QED) is 0.791. The molecule has 2 rings (SSSR count). The van der Waals surface area contributed by atoms with Crippen LogP contribution in [0.3, 0.4) is 0 Å². The number of carbonyl (C=O) groups is 2. The molecule has 3 N–H and O–H groups in total. The fraction of sp³-hybridized carbons (Fsp3) is 0.529. The SMILES string of the molecule is CC(C)c1ccc(C(OC(=O)C(F)(F)F)(C(N)=O)C2CCNC2)cc1. The van der Waals surface area contributed by atoms with Crippen LogP contribution in [0.2, 0.25) is 0 Å². The summed E-state index contributed by atoms with van der Waals surface area (Å²) < 4.78 is 43.1. The van der Waals surface area contributed by atoms with Gasteiger partial charge in [0.15, 0.2) is 0 Å². The van der Waals surface area contributed by atoms with E-state index in [0.717, 1.165) is 5.56 Å². The molecule has 1 aromatic rings. The van der Waals surface area contributed by atoms with Crippen molar-refractivity contribution < 1.29 is 27.5 Å². The molecular formula is C17H21F3N2O3. The fourth-order valence-electron chi connectivity index (χ4n) is 3.09. The largest absolute Gasteiger partial charge is 0.490 e. The third kappa shape index (κ3) is 3.78. The van der Waals surface area contributed by atoms with E-state index in [9.17, 15) is 22.8 Å². The van der Waals surface area contributed by atoms with Gasteiger partial charge in [-0.1, -0.05) is 38.1 Å². The molecule has 1 fully saturated rings. The second kappa shape index (κ2) is 7.03. The van der Waals surface area contributed by atoms with Gasteiger partial charge >= 0.3 is 12.1 Å². The number of hydrogen-bond acceptors (Lipinski definition) is 4. The number of ether oxygens (including phenoxy) is 1. The van der Waals surface area contributed by atoms with Crippen molar-refractivity contribution in [2.24, 2.45) is 11.7 Å². The van der Waals surface area contributed by atoms with Crippen molar-refractivity contribution >= 4 is 11.9 Å². The summed E-state index contributed by atoms with van der Waals surface area (Å²) in [5, 5.41) is 2.96. The summed E-state index contributed by atoms with van der Waals surface area (Å²) in [4.78, 5) is 23.8. The monoisotopic (exact) mass is 358 g/mol. The molecule has 1 heterocycles. The van der Waals surface area contributed by atoms with Gasteiger partial charge in [0.25, 0.3) is 5.91 Å². The molecule has 0 bridgehead atoms. The molecule has 25 heavy (non-hydrogen) atoms. The van der Waals surface area contributed by atoms with Gasteiger partial charge in [0.05, 0.1) is 0 Å². The first kappa shape index (κ1) is 19.2. The number of nitrogens with two attached hydrogens (primary N) is 1. The van der Waals surface area contributed by atoms with Crippen LogP contribution in [0.15, 0.2) is 24.3 Å². The average Bonchev–Trinajstić information content (AvgIpc) is 3.05. The summed E-state index contributed by atoms with van der Waals surface area (Å²) in [6.45, 7) is 4.63. The zero-order valence-corrected chi connectivity index (χ0v) is 14.0. The first-order valence-electron chi connectivity index (χ1n) is 8.00.